The molecule has 2 aliphatic rings. The number of nitrogens with one attached hydrogen (secondary N) is 2. The highest BCUT2D eigenvalue weighted by Crippen LogP contribution is 2.23. The van der Waals surface area contributed by atoms with Crippen LogP contribution >= 0.6 is 0 Å². The highest BCUT2D eigenvalue weighted by Gasteiger charge is 2.27. The van der Waals surface area contributed by atoms with Gasteiger partial charge < -0.3 is 20.4 Å². The smallest absolute Gasteiger partial charge is 0.318 e. The second kappa shape index (κ2) is 7.76. The Morgan fingerprint density at radius 2 is 1.92 bits per heavy atom. The lowest BCUT2D eigenvalue weighted by molar-refractivity contribution is -0.122. The lowest BCUT2D eigenvalue weighted by Crippen LogP contribution is -2.55. The van der Waals surface area contributed by atoms with Gasteiger partial charge in [-0.1, -0.05) is 12.1 Å². The topological polar surface area (TPSA) is 64.7 Å². The molecule has 2 saturated heterocycles. The predicted molar refractivity (Wildman–Crippen MR) is 98.9 cm³/mol. The first-order chi connectivity index (χ1) is 12.1. The van der Waals surface area contributed by atoms with E-state index in [2.05, 4.69) is 47.6 Å². The fraction of sp³-hybridized carbons (Fsp3) is 0.579. The van der Waals surface area contributed by atoms with Crippen molar-refractivity contribution in [2.24, 2.45) is 0 Å². The summed E-state index contributed by atoms with van der Waals surface area (Å²) in [6, 6.07) is 5.84. The summed E-state index contributed by atoms with van der Waals surface area (Å²) in [7, 11) is 0. The highest BCUT2D eigenvalue weighted by atomic mass is 16.2. The summed E-state index contributed by atoms with van der Waals surface area (Å²) in [5.41, 5.74) is 3.84. The minimum Gasteiger partial charge on any atom is -0.368 e. The molecule has 1 atom stereocenters. The van der Waals surface area contributed by atoms with E-state index in [9.17, 15) is 9.59 Å². The van der Waals surface area contributed by atoms with E-state index in [0.717, 1.165) is 32.4 Å². The Morgan fingerprint density at radius 3 is 2.68 bits per heavy atom. The monoisotopic (exact) mass is 344 g/mol. The Bertz CT molecular complexity index is 638. The van der Waals surface area contributed by atoms with E-state index in [4.69, 9.17) is 0 Å². The molecule has 1 aromatic rings. The average molecular weight is 344 g/mol. The standard InChI is InChI=1S/C19H28N4O2/c1-14-6-5-8-17(15(14)2)22-10-12-23(13-11-22)19(25)21-16-7-3-4-9-20-18(16)24/h5-6,8,16H,3-4,7,9-13H2,1-2H3,(H,20,24)(H,21,25). The van der Waals surface area contributed by atoms with Crippen LogP contribution in [0.5, 0.6) is 0 Å². The van der Waals surface area contributed by atoms with Crippen LogP contribution in [0.3, 0.4) is 0 Å². The number of piperazine rings is 1. The number of carbonyl (C=O) groups excluding carboxylic acids is 2. The van der Waals surface area contributed by atoms with Gasteiger partial charge in [0.25, 0.3) is 0 Å². The van der Waals surface area contributed by atoms with E-state index in [1.807, 2.05) is 4.90 Å². The van der Waals surface area contributed by atoms with Crippen molar-refractivity contribution < 1.29 is 9.59 Å². The molecule has 2 aliphatic heterocycles. The predicted octanol–water partition coefficient (Wildman–Crippen LogP) is 1.80. The number of rotatable bonds is 2. The Kier molecular flexibility index (Phi) is 5.46. The van der Waals surface area contributed by atoms with Gasteiger partial charge in [0.05, 0.1) is 0 Å². The molecule has 1 aromatic carbocycles. The number of nitrogens with zero attached hydrogens (tertiary/aromatic N) is 2. The first-order valence-electron chi connectivity index (χ1n) is 9.20. The minimum atomic E-state index is -0.396. The second-order valence-electron chi connectivity index (χ2n) is 6.98. The van der Waals surface area contributed by atoms with E-state index in [1.54, 1.807) is 0 Å². The molecule has 6 heteroatoms. The zero-order chi connectivity index (χ0) is 17.8. The van der Waals surface area contributed by atoms with Crippen molar-refractivity contribution in [3.63, 3.8) is 0 Å². The number of hydrogen-bond donors (Lipinski definition) is 2. The maximum Gasteiger partial charge on any atom is 0.318 e. The van der Waals surface area contributed by atoms with Crippen molar-refractivity contribution in [2.45, 2.75) is 39.2 Å². The van der Waals surface area contributed by atoms with Gasteiger partial charge >= 0.3 is 6.03 Å². The van der Waals surface area contributed by atoms with E-state index >= 15 is 0 Å². The van der Waals surface area contributed by atoms with Crippen LogP contribution < -0.4 is 15.5 Å². The zero-order valence-electron chi connectivity index (χ0n) is 15.2. The van der Waals surface area contributed by atoms with Crippen LogP contribution in [0, 0.1) is 13.8 Å². The molecular weight excluding hydrogens is 316 g/mol. The summed E-state index contributed by atoms with van der Waals surface area (Å²) in [5, 5.41) is 5.77. The highest BCUT2D eigenvalue weighted by molar-refractivity contribution is 5.87. The Labute approximate surface area is 149 Å². The van der Waals surface area contributed by atoms with Crippen molar-refractivity contribution in [2.75, 3.05) is 37.6 Å². The average Bonchev–Trinajstić information content (AvgIpc) is 2.82. The molecule has 2 N–H and O–H groups in total. The normalized spacial score (nSPS) is 21.5. The van der Waals surface area contributed by atoms with Gasteiger partial charge in [-0.15, -0.1) is 0 Å². The van der Waals surface area contributed by atoms with E-state index in [-0.39, 0.29) is 11.9 Å². The van der Waals surface area contributed by atoms with E-state index in [1.165, 1.54) is 16.8 Å². The lowest BCUT2D eigenvalue weighted by Gasteiger charge is -2.37. The number of anilines is 1. The van der Waals surface area contributed by atoms with Crippen LogP contribution in [0.25, 0.3) is 0 Å². The second-order valence-corrected chi connectivity index (χ2v) is 6.98. The summed E-state index contributed by atoms with van der Waals surface area (Å²) in [5.74, 6) is -0.0557. The molecule has 3 amide bonds. The summed E-state index contributed by atoms with van der Waals surface area (Å²) in [6.07, 6.45) is 2.66. The van der Waals surface area contributed by atoms with Gasteiger partial charge in [-0.2, -0.15) is 0 Å². The first-order valence-corrected chi connectivity index (χ1v) is 9.20. The number of amides is 3. The first kappa shape index (κ1) is 17.6. The Morgan fingerprint density at radius 1 is 1.16 bits per heavy atom. The molecule has 0 aromatic heterocycles. The fourth-order valence-electron chi connectivity index (χ4n) is 3.55. The van der Waals surface area contributed by atoms with Crippen LogP contribution in [-0.4, -0.2) is 55.6 Å². The minimum absolute atomic E-state index is 0.0557. The molecule has 6 nitrogen and oxygen atoms in total. The number of benzene rings is 1. The van der Waals surface area contributed by atoms with Gasteiger partial charge in [-0.25, -0.2) is 4.79 Å². The third-order valence-electron chi connectivity index (χ3n) is 5.32. The molecule has 0 saturated carbocycles. The van der Waals surface area contributed by atoms with Crippen molar-refractivity contribution in [1.82, 2.24) is 15.5 Å². The van der Waals surface area contributed by atoms with Gasteiger partial charge in [-0.05, 0) is 50.3 Å². The third-order valence-corrected chi connectivity index (χ3v) is 5.32. The zero-order valence-corrected chi connectivity index (χ0v) is 15.2. The number of urea groups is 1. The number of carbonyl (C=O) groups is 2. The third kappa shape index (κ3) is 4.06. The summed E-state index contributed by atoms with van der Waals surface area (Å²) >= 11 is 0. The van der Waals surface area contributed by atoms with Gasteiger partial charge in [0.2, 0.25) is 5.91 Å². The lowest BCUT2D eigenvalue weighted by atomic mass is 10.1. The van der Waals surface area contributed by atoms with Crippen molar-refractivity contribution in [3.05, 3.63) is 29.3 Å². The summed E-state index contributed by atoms with van der Waals surface area (Å²) < 4.78 is 0. The SMILES string of the molecule is Cc1cccc(N2CCN(C(=O)NC3CCCCNC3=O)CC2)c1C. The summed E-state index contributed by atoms with van der Waals surface area (Å²) in [6.45, 7) is 7.96. The molecular formula is C19H28N4O2. The maximum atomic E-state index is 12.5. The molecule has 0 radical (unpaired) electrons. The van der Waals surface area contributed by atoms with Crippen LogP contribution in [-0.2, 0) is 4.79 Å². The largest absolute Gasteiger partial charge is 0.368 e. The molecule has 2 heterocycles. The van der Waals surface area contributed by atoms with Crippen molar-refractivity contribution in [3.8, 4) is 0 Å². The Balaban J connectivity index is 1.55. The molecule has 1 unspecified atom stereocenters. The van der Waals surface area contributed by atoms with E-state index < -0.39 is 6.04 Å². The number of aryl methyl sites for hydroxylation is 1. The fourth-order valence-corrected chi connectivity index (χ4v) is 3.55. The van der Waals surface area contributed by atoms with Crippen LogP contribution in [0.4, 0.5) is 10.5 Å². The van der Waals surface area contributed by atoms with Gasteiger partial charge in [0.1, 0.15) is 6.04 Å². The van der Waals surface area contributed by atoms with Gasteiger partial charge in [-0.3, -0.25) is 4.79 Å². The van der Waals surface area contributed by atoms with Crippen LogP contribution in [0.1, 0.15) is 30.4 Å². The molecule has 2 fully saturated rings. The molecule has 136 valence electrons. The van der Waals surface area contributed by atoms with Gasteiger partial charge in [0.15, 0.2) is 0 Å². The van der Waals surface area contributed by atoms with E-state index in [0.29, 0.717) is 19.6 Å². The van der Waals surface area contributed by atoms with Crippen LogP contribution in [0.2, 0.25) is 0 Å². The molecule has 0 spiro atoms. The molecule has 0 bridgehead atoms. The molecule has 25 heavy (non-hydrogen) atoms. The van der Waals surface area contributed by atoms with Crippen molar-refractivity contribution in [1.29, 1.82) is 0 Å². The number of hydrogen-bond acceptors (Lipinski definition) is 3. The maximum absolute atomic E-state index is 12.5. The quantitative estimate of drug-likeness (QED) is 0.860. The van der Waals surface area contributed by atoms with Gasteiger partial charge in [0, 0.05) is 38.4 Å². The summed E-state index contributed by atoms with van der Waals surface area (Å²) in [4.78, 5) is 28.6. The molecule has 3 rings (SSSR count). The molecule has 0 aliphatic carbocycles. The Hall–Kier alpha value is -2.24. The van der Waals surface area contributed by atoms with Crippen molar-refractivity contribution >= 4 is 17.6 Å². The van der Waals surface area contributed by atoms with Crippen LogP contribution in [0.15, 0.2) is 18.2 Å².